The van der Waals surface area contributed by atoms with Crippen molar-refractivity contribution in [2.75, 3.05) is 11.9 Å². The van der Waals surface area contributed by atoms with Gasteiger partial charge in [0.05, 0.1) is 11.1 Å². The van der Waals surface area contributed by atoms with E-state index in [1.807, 2.05) is 0 Å². The summed E-state index contributed by atoms with van der Waals surface area (Å²) in [6, 6.07) is 4.01. The number of imide groups is 2. The lowest BCUT2D eigenvalue weighted by Gasteiger charge is -2.38. The molecule has 2 heterocycles. The van der Waals surface area contributed by atoms with Crippen LogP contribution in [-0.4, -0.2) is 46.7 Å². The molecule has 136 valence electrons. The van der Waals surface area contributed by atoms with E-state index in [1.54, 1.807) is 18.2 Å². The zero-order valence-corrected chi connectivity index (χ0v) is 14.2. The Kier molecular flexibility index (Phi) is 3.80. The molecule has 1 saturated carbocycles. The SMILES string of the molecule is NC1(CNc2ccc3c(c2)C(=O)N(C2CCC(=O)NC2=O)C3=O)CCC1. The molecule has 26 heavy (non-hydrogen) atoms. The number of amides is 4. The summed E-state index contributed by atoms with van der Waals surface area (Å²) >= 11 is 0. The molecule has 1 atom stereocenters. The Morgan fingerprint density at radius 1 is 1.15 bits per heavy atom. The Bertz CT molecular complexity index is 830. The molecule has 8 heteroatoms. The molecule has 2 fully saturated rings. The second-order valence-corrected chi connectivity index (χ2v) is 7.28. The second kappa shape index (κ2) is 5.91. The van der Waals surface area contributed by atoms with E-state index in [0.29, 0.717) is 12.2 Å². The smallest absolute Gasteiger partial charge is 0.262 e. The number of rotatable bonds is 4. The molecule has 0 aromatic heterocycles. The summed E-state index contributed by atoms with van der Waals surface area (Å²) in [6.45, 7) is 0.602. The van der Waals surface area contributed by atoms with E-state index in [9.17, 15) is 19.2 Å². The van der Waals surface area contributed by atoms with Gasteiger partial charge in [0.2, 0.25) is 11.8 Å². The number of carbonyl (C=O) groups is 4. The van der Waals surface area contributed by atoms with Crippen molar-refractivity contribution in [2.24, 2.45) is 5.73 Å². The Morgan fingerprint density at radius 2 is 1.88 bits per heavy atom. The molecule has 1 aromatic rings. The van der Waals surface area contributed by atoms with Crippen LogP contribution in [0.5, 0.6) is 0 Å². The molecule has 8 nitrogen and oxygen atoms in total. The fourth-order valence-corrected chi connectivity index (χ4v) is 3.67. The van der Waals surface area contributed by atoms with Crippen LogP contribution < -0.4 is 16.4 Å². The molecule has 0 radical (unpaired) electrons. The lowest BCUT2D eigenvalue weighted by atomic mass is 9.78. The normalized spacial score (nSPS) is 24.2. The first-order chi connectivity index (χ1) is 12.4. The van der Waals surface area contributed by atoms with Gasteiger partial charge in [-0.1, -0.05) is 0 Å². The summed E-state index contributed by atoms with van der Waals surface area (Å²) in [4.78, 5) is 49.7. The minimum absolute atomic E-state index is 0.106. The second-order valence-electron chi connectivity index (χ2n) is 7.28. The lowest BCUT2D eigenvalue weighted by molar-refractivity contribution is -0.136. The number of nitrogens with two attached hydrogens (primary N) is 1. The van der Waals surface area contributed by atoms with E-state index < -0.39 is 23.8 Å². The maximum absolute atomic E-state index is 12.7. The number of nitrogens with one attached hydrogen (secondary N) is 2. The Hall–Kier alpha value is -2.74. The summed E-state index contributed by atoms with van der Waals surface area (Å²) in [7, 11) is 0. The van der Waals surface area contributed by atoms with Crippen LogP contribution >= 0.6 is 0 Å². The molecular weight excluding hydrogens is 336 g/mol. The summed E-state index contributed by atoms with van der Waals surface area (Å²) in [5, 5.41) is 5.42. The Labute approximate surface area is 150 Å². The van der Waals surface area contributed by atoms with Gasteiger partial charge in [0.15, 0.2) is 0 Å². The van der Waals surface area contributed by atoms with Gasteiger partial charge in [0, 0.05) is 24.2 Å². The van der Waals surface area contributed by atoms with E-state index in [0.717, 1.165) is 24.2 Å². The van der Waals surface area contributed by atoms with Crippen LogP contribution in [0.4, 0.5) is 5.69 Å². The average molecular weight is 356 g/mol. The molecule has 1 aromatic carbocycles. The minimum Gasteiger partial charge on any atom is -0.383 e. The van der Waals surface area contributed by atoms with Gasteiger partial charge in [0.25, 0.3) is 11.8 Å². The van der Waals surface area contributed by atoms with Gasteiger partial charge in [-0.3, -0.25) is 29.4 Å². The number of anilines is 1. The van der Waals surface area contributed by atoms with Crippen LogP contribution in [-0.2, 0) is 9.59 Å². The van der Waals surface area contributed by atoms with E-state index in [1.165, 1.54) is 0 Å². The maximum Gasteiger partial charge on any atom is 0.262 e. The largest absolute Gasteiger partial charge is 0.383 e. The topological polar surface area (TPSA) is 122 Å². The van der Waals surface area contributed by atoms with Gasteiger partial charge >= 0.3 is 0 Å². The van der Waals surface area contributed by atoms with Crippen molar-refractivity contribution in [2.45, 2.75) is 43.7 Å². The first-order valence-corrected chi connectivity index (χ1v) is 8.76. The van der Waals surface area contributed by atoms with Gasteiger partial charge in [-0.05, 0) is 43.9 Å². The van der Waals surface area contributed by atoms with Crippen LogP contribution in [0.3, 0.4) is 0 Å². The van der Waals surface area contributed by atoms with Crippen molar-refractivity contribution in [1.82, 2.24) is 10.2 Å². The van der Waals surface area contributed by atoms with E-state index in [4.69, 9.17) is 5.73 Å². The van der Waals surface area contributed by atoms with Gasteiger partial charge in [-0.25, -0.2) is 0 Å². The zero-order chi connectivity index (χ0) is 18.5. The predicted octanol–water partition coefficient (Wildman–Crippen LogP) is 0.381. The highest BCUT2D eigenvalue weighted by molar-refractivity contribution is 6.23. The number of fused-ring (bicyclic) bond motifs is 1. The number of hydrogen-bond acceptors (Lipinski definition) is 6. The number of benzene rings is 1. The van der Waals surface area contributed by atoms with Crippen LogP contribution in [0, 0.1) is 0 Å². The first kappa shape index (κ1) is 16.7. The standard InChI is InChI=1S/C18H20N4O4/c19-18(6-1-7-18)9-20-10-2-3-11-12(8-10)17(26)22(16(11)25)13-4-5-14(23)21-15(13)24/h2-3,8,13,20H,1,4-7,9,19H2,(H,21,23,24). The Morgan fingerprint density at radius 3 is 2.54 bits per heavy atom. The third kappa shape index (κ3) is 2.66. The van der Waals surface area contributed by atoms with Crippen LogP contribution in [0.2, 0.25) is 0 Å². The molecule has 1 saturated heterocycles. The van der Waals surface area contributed by atoms with Gasteiger partial charge in [-0.2, -0.15) is 0 Å². The van der Waals surface area contributed by atoms with E-state index >= 15 is 0 Å². The molecule has 4 rings (SSSR count). The molecule has 2 aliphatic heterocycles. The number of hydrogen-bond donors (Lipinski definition) is 3. The third-order valence-corrected chi connectivity index (χ3v) is 5.43. The van der Waals surface area contributed by atoms with Crippen molar-refractivity contribution in [3.63, 3.8) is 0 Å². The average Bonchev–Trinajstić information content (AvgIpc) is 2.83. The highest BCUT2D eigenvalue weighted by atomic mass is 16.2. The van der Waals surface area contributed by atoms with Crippen molar-refractivity contribution < 1.29 is 19.2 Å². The van der Waals surface area contributed by atoms with Crippen LogP contribution in [0.1, 0.15) is 52.8 Å². The van der Waals surface area contributed by atoms with Gasteiger partial charge in [0.1, 0.15) is 6.04 Å². The quantitative estimate of drug-likeness (QED) is 0.671. The monoisotopic (exact) mass is 356 g/mol. The van der Waals surface area contributed by atoms with Crippen LogP contribution in [0.25, 0.3) is 0 Å². The predicted molar refractivity (Wildman–Crippen MR) is 92.4 cm³/mol. The molecule has 1 aliphatic carbocycles. The maximum atomic E-state index is 12.7. The summed E-state index contributed by atoms with van der Waals surface area (Å²) in [5.41, 5.74) is 7.24. The Balaban J connectivity index is 1.54. The van der Waals surface area contributed by atoms with E-state index in [2.05, 4.69) is 10.6 Å². The third-order valence-electron chi connectivity index (χ3n) is 5.43. The van der Waals surface area contributed by atoms with Gasteiger partial charge < -0.3 is 11.1 Å². The first-order valence-electron chi connectivity index (χ1n) is 8.76. The fraction of sp³-hybridized carbons (Fsp3) is 0.444. The summed E-state index contributed by atoms with van der Waals surface area (Å²) in [6.07, 6.45) is 3.31. The number of carbonyl (C=O) groups excluding carboxylic acids is 4. The van der Waals surface area contributed by atoms with Crippen molar-refractivity contribution >= 4 is 29.3 Å². The van der Waals surface area contributed by atoms with Gasteiger partial charge in [-0.15, -0.1) is 0 Å². The summed E-state index contributed by atoms with van der Waals surface area (Å²) < 4.78 is 0. The van der Waals surface area contributed by atoms with Crippen LogP contribution in [0.15, 0.2) is 18.2 Å². The number of piperidine rings is 1. The lowest BCUT2D eigenvalue weighted by Crippen LogP contribution is -2.54. The molecule has 1 unspecified atom stereocenters. The molecule has 0 spiro atoms. The zero-order valence-electron chi connectivity index (χ0n) is 14.2. The fourth-order valence-electron chi connectivity index (χ4n) is 3.67. The number of nitrogens with zero attached hydrogens (tertiary/aromatic N) is 1. The van der Waals surface area contributed by atoms with E-state index in [-0.39, 0.29) is 35.4 Å². The molecule has 4 amide bonds. The minimum atomic E-state index is -0.946. The van der Waals surface area contributed by atoms with Crippen molar-refractivity contribution in [1.29, 1.82) is 0 Å². The highest BCUT2D eigenvalue weighted by Gasteiger charge is 2.44. The van der Waals surface area contributed by atoms with Crippen molar-refractivity contribution in [3.8, 4) is 0 Å². The molecule has 4 N–H and O–H groups in total. The molecule has 3 aliphatic rings. The molecular formula is C18H20N4O4. The summed E-state index contributed by atoms with van der Waals surface area (Å²) in [5.74, 6) is -2.00. The molecule has 0 bridgehead atoms. The van der Waals surface area contributed by atoms with Crippen molar-refractivity contribution in [3.05, 3.63) is 29.3 Å². The highest BCUT2D eigenvalue weighted by Crippen LogP contribution is 2.31.